The van der Waals surface area contributed by atoms with Gasteiger partial charge in [0.1, 0.15) is 0 Å². The maximum absolute atomic E-state index is 11.9. The van der Waals surface area contributed by atoms with E-state index in [-0.39, 0.29) is 0 Å². The highest BCUT2D eigenvalue weighted by Crippen LogP contribution is 2.66. The molecule has 0 amide bonds. The average molecular weight is 316 g/mol. The van der Waals surface area contributed by atoms with Gasteiger partial charge in [0, 0.05) is 13.0 Å². The van der Waals surface area contributed by atoms with E-state index in [1.54, 1.807) is 0 Å². The second-order valence-electron chi connectivity index (χ2n) is 9.30. The van der Waals surface area contributed by atoms with Crippen molar-refractivity contribution in [2.75, 3.05) is 6.61 Å². The Hall–Kier alpha value is -0.630. The van der Waals surface area contributed by atoms with E-state index < -0.39 is 0 Å². The molecule has 3 saturated carbocycles. The summed E-state index contributed by atoms with van der Waals surface area (Å²) >= 11 is 0. The Balaban J connectivity index is 1.63. The molecule has 128 valence electrons. The fourth-order valence-corrected chi connectivity index (χ4v) is 7.30. The molecule has 0 radical (unpaired) electrons. The molecule has 0 bridgehead atoms. The van der Waals surface area contributed by atoms with E-state index in [0.29, 0.717) is 23.2 Å². The minimum absolute atomic E-state index is 0.299. The summed E-state index contributed by atoms with van der Waals surface area (Å²) in [5.41, 5.74) is 2.24. The second-order valence-corrected chi connectivity index (χ2v) is 9.30. The number of carbonyl (C=O) groups is 1. The Morgan fingerprint density at radius 1 is 1.09 bits per heavy atom. The molecule has 2 unspecified atom stereocenters. The molecule has 0 saturated heterocycles. The van der Waals surface area contributed by atoms with E-state index in [2.05, 4.69) is 13.8 Å². The van der Waals surface area contributed by atoms with Gasteiger partial charge in [-0.2, -0.15) is 0 Å². The van der Waals surface area contributed by atoms with E-state index >= 15 is 0 Å². The number of ketones is 1. The summed E-state index contributed by atoms with van der Waals surface area (Å²) in [4.78, 5) is 11.9. The third-order valence-corrected chi connectivity index (χ3v) is 8.64. The van der Waals surface area contributed by atoms with Crippen molar-refractivity contribution in [1.29, 1.82) is 0 Å². The summed E-state index contributed by atoms with van der Waals surface area (Å²) in [5, 5.41) is 9.44. The lowest BCUT2D eigenvalue weighted by atomic mass is 9.47. The number of allylic oxidation sites excluding steroid dienone is 1. The summed E-state index contributed by atoms with van der Waals surface area (Å²) in [5.74, 6) is 3.60. The van der Waals surface area contributed by atoms with Crippen molar-refractivity contribution in [2.45, 2.75) is 71.6 Å². The van der Waals surface area contributed by atoms with Crippen LogP contribution in [0.5, 0.6) is 0 Å². The molecular formula is C21H32O2. The molecule has 2 heteroatoms. The summed E-state index contributed by atoms with van der Waals surface area (Å²) in [7, 11) is 0. The van der Waals surface area contributed by atoms with E-state index in [9.17, 15) is 9.90 Å². The van der Waals surface area contributed by atoms with Gasteiger partial charge < -0.3 is 5.11 Å². The van der Waals surface area contributed by atoms with Gasteiger partial charge in [-0.1, -0.05) is 19.4 Å². The number of rotatable bonds is 2. The molecule has 0 spiro atoms. The molecule has 4 rings (SSSR count). The third kappa shape index (κ3) is 2.20. The Bertz CT molecular complexity index is 536. The number of hydrogen-bond acceptors (Lipinski definition) is 2. The van der Waals surface area contributed by atoms with Crippen LogP contribution in [0.4, 0.5) is 0 Å². The first-order valence-corrected chi connectivity index (χ1v) is 9.84. The van der Waals surface area contributed by atoms with E-state index in [0.717, 1.165) is 49.4 Å². The molecule has 0 aromatic heterocycles. The van der Waals surface area contributed by atoms with Gasteiger partial charge in [-0.3, -0.25) is 4.79 Å². The maximum atomic E-state index is 11.9. The van der Waals surface area contributed by atoms with Crippen molar-refractivity contribution in [3.8, 4) is 0 Å². The molecule has 0 aromatic carbocycles. The van der Waals surface area contributed by atoms with Crippen LogP contribution in [0, 0.1) is 34.5 Å². The molecule has 23 heavy (non-hydrogen) atoms. The first-order chi connectivity index (χ1) is 11.0. The van der Waals surface area contributed by atoms with Crippen molar-refractivity contribution < 1.29 is 9.90 Å². The van der Waals surface area contributed by atoms with Gasteiger partial charge in [0.25, 0.3) is 0 Å². The maximum Gasteiger partial charge on any atom is 0.155 e. The summed E-state index contributed by atoms with van der Waals surface area (Å²) in [6, 6.07) is 0. The highest BCUT2D eigenvalue weighted by Gasteiger charge is 2.58. The fraction of sp³-hybridized carbons (Fsp3) is 0.857. The second kappa shape index (κ2) is 5.44. The van der Waals surface area contributed by atoms with Crippen LogP contribution in [0.25, 0.3) is 0 Å². The van der Waals surface area contributed by atoms with Crippen LogP contribution in [0.2, 0.25) is 0 Å². The first-order valence-electron chi connectivity index (χ1n) is 9.84. The molecular weight excluding hydrogens is 284 g/mol. The lowest BCUT2D eigenvalue weighted by molar-refractivity contribution is -0.117. The molecule has 0 aromatic rings. The fourth-order valence-electron chi connectivity index (χ4n) is 7.30. The predicted molar refractivity (Wildman–Crippen MR) is 91.9 cm³/mol. The molecule has 3 fully saturated rings. The minimum atomic E-state index is 0.299. The lowest BCUT2D eigenvalue weighted by Gasteiger charge is -2.58. The quantitative estimate of drug-likeness (QED) is 0.813. The van der Waals surface area contributed by atoms with E-state index in [1.807, 2.05) is 6.08 Å². The van der Waals surface area contributed by atoms with Gasteiger partial charge >= 0.3 is 0 Å². The third-order valence-electron chi connectivity index (χ3n) is 8.64. The zero-order chi connectivity index (χ0) is 16.2. The highest BCUT2D eigenvalue weighted by molar-refractivity contribution is 5.91. The van der Waals surface area contributed by atoms with Crippen LogP contribution in [-0.4, -0.2) is 17.5 Å². The van der Waals surface area contributed by atoms with Crippen LogP contribution < -0.4 is 0 Å². The lowest BCUT2D eigenvalue weighted by Crippen LogP contribution is -2.50. The number of carbonyl (C=O) groups excluding carboxylic acids is 1. The number of aliphatic hydroxyl groups excluding tert-OH is 1. The Kier molecular flexibility index (Phi) is 3.75. The van der Waals surface area contributed by atoms with Crippen LogP contribution in [0.1, 0.15) is 71.6 Å². The van der Waals surface area contributed by atoms with Crippen LogP contribution in [-0.2, 0) is 4.79 Å². The molecule has 0 heterocycles. The zero-order valence-electron chi connectivity index (χ0n) is 14.8. The summed E-state index contributed by atoms with van der Waals surface area (Å²) < 4.78 is 0. The van der Waals surface area contributed by atoms with Crippen LogP contribution >= 0.6 is 0 Å². The van der Waals surface area contributed by atoms with Crippen molar-refractivity contribution in [2.24, 2.45) is 34.5 Å². The van der Waals surface area contributed by atoms with Crippen molar-refractivity contribution in [3.05, 3.63) is 11.6 Å². The molecule has 4 aliphatic rings. The van der Waals surface area contributed by atoms with Gasteiger partial charge in [-0.05, 0) is 91.9 Å². The average Bonchev–Trinajstić information content (AvgIpc) is 2.85. The highest BCUT2D eigenvalue weighted by atomic mass is 16.3. The monoisotopic (exact) mass is 316 g/mol. The van der Waals surface area contributed by atoms with Gasteiger partial charge in [0.15, 0.2) is 5.78 Å². The summed E-state index contributed by atoms with van der Waals surface area (Å²) in [6.07, 6.45) is 12.7. The standard InChI is InChI=1S/C21H32O2/c1-20-11-8-19-17(18(20)6-4-14(20)9-12-22)5-3-15-13-16(23)7-10-21(15,19)2/h13-14,17-19,22H,3-12H2,1-2H3/t14-,17+,18?,19?,20-,21+/m1/s1. The van der Waals surface area contributed by atoms with Gasteiger partial charge in [0.2, 0.25) is 0 Å². The van der Waals surface area contributed by atoms with Crippen LogP contribution in [0.15, 0.2) is 11.6 Å². The SMILES string of the molecule is C[C@]12CCC(=O)C=C1CC[C@@H]1C2CC[C@@]2(C)C1CC[C@@H]2CCO. The predicted octanol–water partition coefficient (Wildman–Crippen LogP) is 4.52. The topological polar surface area (TPSA) is 37.3 Å². The smallest absolute Gasteiger partial charge is 0.155 e. The van der Waals surface area contributed by atoms with Crippen molar-refractivity contribution in [3.63, 3.8) is 0 Å². The largest absolute Gasteiger partial charge is 0.396 e. The van der Waals surface area contributed by atoms with Crippen molar-refractivity contribution in [1.82, 2.24) is 0 Å². The molecule has 6 atom stereocenters. The number of hydrogen-bond donors (Lipinski definition) is 1. The van der Waals surface area contributed by atoms with Gasteiger partial charge in [0.05, 0.1) is 0 Å². The van der Waals surface area contributed by atoms with Gasteiger partial charge in [-0.15, -0.1) is 0 Å². The number of fused-ring (bicyclic) bond motifs is 5. The van der Waals surface area contributed by atoms with Gasteiger partial charge in [-0.25, -0.2) is 0 Å². The Morgan fingerprint density at radius 2 is 1.91 bits per heavy atom. The van der Waals surface area contributed by atoms with Crippen molar-refractivity contribution >= 4 is 5.78 Å². The normalized spacial score (nSPS) is 49.2. The summed E-state index contributed by atoms with van der Waals surface area (Å²) in [6.45, 7) is 5.35. The van der Waals surface area contributed by atoms with E-state index in [1.165, 1.54) is 37.7 Å². The Morgan fingerprint density at radius 3 is 2.70 bits per heavy atom. The van der Waals surface area contributed by atoms with Crippen LogP contribution in [0.3, 0.4) is 0 Å². The first kappa shape index (κ1) is 15.9. The minimum Gasteiger partial charge on any atom is -0.396 e. The molecule has 1 N–H and O–H groups in total. The molecule has 2 nitrogen and oxygen atoms in total. The Labute approximate surface area is 140 Å². The number of aliphatic hydroxyl groups is 1. The molecule has 4 aliphatic carbocycles. The zero-order valence-corrected chi connectivity index (χ0v) is 14.8. The molecule has 0 aliphatic heterocycles. The van der Waals surface area contributed by atoms with E-state index in [4.69, 9.17) is 0 Å².